The van der Waals surface area contributed by atoms with Gasteiger partial charge in [0.25, 0.3) is 0 Å². The van der Waals surface area contributed by atoms with Gasteiger partial charge >= 0.3 is 0 Å². The van der Waals surface area contributed by atoms with Crippen molar-refractivity contribution >= 4 is 15.8 Å². The Morgan fingerprint density at radius 3 is 2.57 bits per heavy atom. The van der Waals surface area contributed by atoms with Gasteiger partial charge in [-0.1, -0.05) is 0 Å². The smallest absolute Gasteiger partial charge is 0.246 e. The van der Waals surface area contributed by atoms with Crippen molar-refractivity contribution in [1.29, 1.82) is 0 Å². The Balaban J connectivity index is 2.06. The number of aromatic nitrogens is 2. The third-order valence-electron chi connectivity index (χ3n) is 3.57. The van der Waals surface area contributed by atoms with Gasteiger partial charge in [-0.05, 0) is 13.8 Å². The molecule has 8 nitrogen and oxygen atoms in total. The van der Waals surface area contributed by atoms with Crippen LogP contribution in [-0.4, -0.2) is 62.0 Å². The molecule has 21 heavy (non-hydrogen) atoms. The van der Waals surface area contributed by atoms with Gasteiger partial charge in [0.15, 0.2) is 5.82 Å². The number of hydrogen-bond donors (Lipinski definition) is 2. The highest BCUT2D eigenvalue weighted by atomic mass is 32.2. The SMILES string of the molecule is Cc1c(S(=O)(=O)NC(C)CN2CCOCC2)c(N)nn1C. The summed E-state index contributed by atoms with van der Waals surface area (Å²) in [4.78, 5) is 2.25. The standard InChI is InChI=1S/C12H23N5O3S/c1-9(8-17-4-6-20-7-5-17)15-21(18,19)11-10(2)16(3)14-12(11)13/h9,15H,4-8H2,1-3H3,(H2,13,14). The molecule has 1 aromatic heterocycles. The first-order valence-corrected chi connectivity index (χ1v) is 8.41. The predicted octanol–water partition coefficient (Wildman–Crippen LogP) is -0.690. The number of anilines is 1. The fourth-order valence-corrected chi connectivity index (χ4v) is 4.04. The van der Waals surface area contributed by atoms with Crippen molar-refractivity contribution in [3.63, 3.8) is 0 Å². The first-order chi connectivity index (χ1) is 9.81. The zero-order valence-electron chi connectivity index (χ0n) is 12.7. The maximum atomic E-state index is 12.5. The second-order valence-corrected chi connectivity index (χ2v) is 7.01. The van der Waals surface area contributed by atoms with Crippen LogP contribution in [0.2, 0.25) is 0 Å². The number of nitrogen functional groups attached to an aromatic ring is 1. The van der Waals surface area contributed by atoms with Gasteiger partial charge < -0.3 is 10.5 Å². The lowest BCUT2D eigenvalue weighted by Crippen LogP contribution is -2.46. The number of ether oxygens (including phenoxy) is 1. The maximum Gasteiger partial charge on any atom is 0.246 e. The molecule has 0 aliphatic carbocycles. The quantitative estimate of drug-likeness (QED) is 0.745. The van der Waals surface area contributed by atoms with Crippen LogP contribution in [0.1, 0.15) is 12.6 Å². The molecule has 1 aliphatic heterocycles. The third kappa shape index (κ3) is 3.73. The average Bonchev–Trinajstić information content (AvgIpc) is 2.63. The number of nitrogens with two attached hydrogens (primary N) is 1. The minimum Gasteiger partial charge on any atom is -0.381 e. The van der Waals surface area contributed by atoms with Crippen LogP contribution in [-0.2, 0) is 21.8 Å². The van der Waals surface area contributed by atoms with Crippen LogP contribution in [0.3, 0.4) is 0 Å². The molecule has 1 atom stereocenters. The van der Waals surface area contributed by atoms with Gasteiger partial charge in [-0.25, -0.2) is 13.1 Å². The molecule has 1 fully saturated rings. The number of morpholine rings is 1. The first-order valence-electron chi connectivity index (χ1n) is 6.92. The largest absolute Gasteiger partial charge is 0.381 e. The molecular formula is C12H23N5O3S. The Kier molecular flexibility index (Phi) is 4.87. The third-order valence-corrected chi connectivity index (χ3v) is 5.32. The lowest BCUT2D eigenvalue weighted by molar-refractivity contribution is 0.0354. The summed E-state index contributed by atoms with van der Waals surface area (Å²) in [6.07, 6.45) is 0. The summed E-state index contributed by atoms with van der Waals surface area (Å²) < 4.78 is 34.3. The fraction of sp³-hybridized carbons (Fsp3) is 0.750. The van der Waals surface area contributed by atoms with E-state index in [9.17, 15) is 8.42 Å². The summed E-state index contributed by atoms with van der Waals surface area (Å²) in [6.45, 7) is 7.18. The molecule has 2 rings (SSSR count). The van der Waals surface area contributed by atoms with Crippen molar-refractivity contribution in [1.82, 2.24) is 19.4 Å². The van der Waals surface area contributed by atoms with Gasteiger partial charge in [0.05, 0.1) is 18.9 Å². The van der Waals surface area contributed by atoms with Gasteiger partial charge in [-0.15, -0.1) is 0 Å². The number of aryl methyl sites for hydroxylation is 1. The van der Waals surface area contributed by atoms with E-state index >= 15 is 0 Å². The maximum absolute atomic E-state index is 12.5. The Bertz CT molecular complexity index is 592. The van der Waals surface area contributed by atoms with Crippen molar-refractivity contribution in [2.24, 2.45) is 7.05 Å². The zero-order chi connectivity index (χ0) is 15.6. The molecule has 0 saturated carbocycles. The molecular weight excluding hydrogens is 294 g/mol. The van der Waals surface area contributed by atoms with Crippen molar-refractivity contribution in [2.45, 2.75) is 24.8 Å². The molecule has 2 heterocycles. The summed E-state index contributed by atoms with van der Waals surface area (Å²) >= 11 is 0. The van der Waals surface area contributed by atoms with E-state index in [1.54, 1.807) is 14.0 Å². The van der Waals surface area contributed by atoms with Crippen molar-refractivity contribution in [3.05, 3.63) is 5.69 Å². The topological polar surface area (TPSA) is 102 Å². The molecule has 9 heteroatoms. The van der Waals surface area contributed by atoms with Gasteiger partial charge in [-0.2, -0.15) is 5.10 Å². The molecule has 0 spiro atoms. The molecule has 1 aliphatic rings. The van der Waals surface area contributed by atoms with Crippen LogP contribution in [0.5, 0.6) is 0 Å². The monoisotopic (exact) mass is 317 g/mol. The summed E-state index contributed by atoms with van der Waals surface area (Å²) in [5.41, 5.74) is 6.24. The van der Waals surface area contributed by atoms with Crippen molar-refractivity contribution in [2.75, 3.05) is 38.6 Å². The van der Waals surface area contributed by atoms with E-state index in [4.69, 9.17) is 10.5 Å². The lowest BCUT2D eigenvalue weighted by atomic mass is 10.3. The zero-order valence-corrected chi connectivity index (χ0v) is 13.5. The Morgan fingerprint density at radius 1 is 1.43 bits per heavy atom. The Morgan fingerprint density at radius 2 is 2.05 bits per heavy atom. The number of rotatable bonds is 5. The molecule has 120 valence electrons. The highest BCUT2D eigenvalue weighted by Crippen LogP contribution is 2.21. The lowest BCUT2D eigenvalue weighted by Gasteiger charge is -2.29. The molecule has 0 radical (unpaired) electrons. The van der Waals surface area contributed by atoms with E-state index in [2.05, 4.69) is 14.7 Å². The van der Waals surface area contributed by atoms with Gasteiger partial charge in [0, 0.05) is 32.7 Å². The van der Waals surface area contributed by atoms with Gasteiger partial charge in [0.1, 0.15) is 4.90 Å². The summed E-state index contributed by atoms with van der Waals surface area (Å²) in [6, 6.07) is -0.216. The van der Waals surface area contributed by atoms with E-state index < -0.39 is 10.0 Å². The Labute approximate surface area is 125 Å². The van der Waals surface area contributed by atoms with E-state index in [0.29, 0.717) is 25.5 Å². The highest BCUT2D eigenvalue weighted by molar-refractivity contribution is 7.89. The molecule has 1 saturated heterocycles. The minimum atomic E-state index is -3.67. The van der Waals surface area contributed by atoms with Crippen LogP contribution in [0, 0.1) is 6.92 Å². The molecule has 1 unspecified atom stereocenters. The van der Waals surface area contributed by atoms with Gasteiger partial charge in [0.2, 0.25) is 10.0 Å². The van der Waals surface area contributed by atoms with Crippen LogP contribution in [0.15, 0.2) is 4.90 Å². The second kappa shape index (κ2) is 6.30. The number of hydrogen-bond acceptors (Lipinski definition) is 6. The molecule has 1 aromatic rings. The van der Waals surface area contributed by atoms with E-state index in [1.165, 1.54) is 4.68 Å². The van der Waals surface area contributed by atoms with Crippen LogP contribution >= 0.6 is 0 Å². The number of sulfonamides is 1. The number of nitrogens with zero attached hydrogens (tertiary/aromatic N) is 3. The second-order valence-electron chi connectivity index (χ2n) is 5.36. The van der Waals surface area contributed by atoms with Gasteiger partial charge in [-0.3, -0.25) is 9.58 Å². The highest BCUT2D eigenvalue weighted by Gasteiger charge is 2.27. The average molecular weight is 317 g/mol. The van der Waals surface area contributed by atoms with Crippen LogP contribution < -0.4 is 10.5 Å². The normalized spacial score (nSPS) is 18.8. The summed E-state index contributed by atoms with van der Waals surface area (Å²) in [5, 5.41) is 3.95. The number of nitrogens with one attached hydrogen (secondary N) is 1. The van der Waals surface area contributed by atoms with Crippen molar-refractivity contribution < 1.29 is 13.2 Å². The molecule has 0 aromatic carbocycles. The summed E-state index contributed by atoms with van der Waals surface area (Å²) in [5.74, 6) is 0.0288. The van der Waals surface area contributed by atoms with E-state index in [1.807, 2.05) is 6.92 Å². The molecule has 3 N–H and O–H groups in total. The Hall–Kier alpha value is -1.16. The summed E-state index contributed by atoms with van der Waals surface area (Å²) in [7, 11) is -2.00. The fourth-order valence-electron chi connectivity index (χ4n) is 2.48. The predicted molar refractivity (Wildman–Crippen MR) is 79.4 cm³/mol. The van der Waals surface area contributed by atoms with Crippen molar-refractivity contribution in [3.8, 4) is 0 Å². The minimum absolute atomic E-state index is 0.0288. The van der Waals surface area contributed by atoms with E-state index in [-0.39, 0.29) is 16.8 Å². The van der Waals surface area contributed by atoms with Crippen LogP contribution in [0.4, 0.5) is 5.82 Å². The van der Waals surface area contributed by atoms with E-state index in [0.717, 1.165) is 13.1 Å². The molecule has 0 bridgehead atoms. The first kappa shape index (κ1) is 16.2. The van der Waals surface area contributed by atoms with Crippen LogP contribution in [0.25, 0.3) is 0 Å². The molecule has 0 amide bonds.